The topological polar surface area (TPSA) is 83.0 Å². The number of urea groups is 1. The van der Waals surface area contributed by atoms with Gasteiger partial charge < -0.3 is 20.3 Å². The standard InChI is InChI=1S/C7H16N2O.C5H10N2O2/c1-4-5-6(2)9-7(10)8-3;1-7(2)4-6-5(8)9-3/h6H,4-5H2,1-3H3,(H2,8,9,10);4H,1-3H3. The molecule has 0 radical (unpaired) electrons. The maximum atomic E-state index is 10.7. The molecule has 1 unspecified atom stereocenters. The first-order valence-electron chi connectivity index (χ1n) is 6.14. The molecule has 7 nitrogen and oxygen atoms in total. The average Bonchev–Trinajstić information content (AvgIpc) is 2.36. The summed E-state index contributed by atoms with van der Waals surface area (Å²) in [7, 11) is 6.45. The lowest BCUT2D eigenvalue weighted by Crippen LogP contribution is -2.38. The molecule has 0 fully saturated rings. The molecule has 0 aliphatic heterocycles. The fourth-order valence-electron chi connectivity index (χ4n) is 1.02. The van der Waals surface area contributed by atoms with Gasteiger partial charge >= 0.3 is 12.1 Å². The van der Waals surface area contributed by atoms with Gasteiger partial charge in [0.25, 0.3) is 0 Å². The Morgan fingerprint density at radius 2 is 2.00 bits per heavy atom. The van der Waals surface area contributed by atoms with Crippen molar-refractivity contribution >= 4 is 18.5 Å². The molecule has 2 N–H and O–H groups in total. The minimum atomic E-state index is -0.580. The zero-order chi connectivity index (χ0) is 15.3. The highest BCUT2D eigenvalue weighted by molar-refractivity contribution is 5.78. The van der Waals surface area contributed by atoms with Crippen LogP contribution >= 0.6 is 0 Å². The van der Waals surface area contributed by atoms with Crippen LogP contribution in [0.1, 0.15) is 26.7 Å². The van der Waals surface area contributed by atoms with Crippen molar-refractivity contribution in [1.82, 2.24) is 15.5 Å². The Morgan fingerprint density at radius 3 is 2.37 bits per heavy atom. The summed E-state index contributed by atoms with van der Waals surface area (Å²) in [6.45, 7) is 4.10. The molecule has 0 saturated carbocycles. The summed E-state index contributed by atoms with van der Waals surface area (Å²) in [5.41, 5.74) is 0. The van der Waals surface area contributed by atoms with Gasteiger partial charge in [0.15, 0.2) is 0 Å². The van der Waals surface area contributed by atoms with Crippen molar-refractivity contribution in [3.63, 3.8) is 0 Å². The first-order valence-corrected chi connectivity index (χ1v) is 6.14. The van der Waals surface area contributed by atoms with E-state index in [0.29, 0.717) is 0 Å². The minimum Gasteiger partial charge on any atom is -0.451 e. The maximum Gasteiger partial charge on any atom is 0.434 e. The molecule has 1 atom stereocenters. The van der Waals surface area contributed by atoms with Gasteiger partial charge in [0, 0.05) is 27.2 Å². The van der Waals surface area contributed by atoms with Crippen LogP contribution in [-0.2, 0) is 4.74 Å². The summed E-state index contributed by atoms with van der Waals surface area (Å²) in [4.78, 5) is 26.0. The number of hydrogen-bond donors (Lipinski definition) is 2. The summed E-state index contributed by atoms with van der Waals surface area (Å²) in [6, 6.07) is 0.186. The van der Waals surface area contributed by atoms with Crippen molar-refractivity contribution < 1.29 is 14.3 Å². The predicted molar refractivity (Wildman–Crippen MR) is 76.5 cm³/mol. The van der Waals surface area contributed by atoms with Gasteiger partial charge in [-0.1, -0.05) is 13.3 Å². The molecule has 112 valence electrons. The van der Waals surface area contributed by atoms with E-state index in [-0.39, 0.29) is 12.1 Å². The molecule has 0 saturated heterocycles. The Balaban J connectivity index is 0. The number of carbonyl (C=O) groups is 2. The molecule has 0 aliphatic carbocycles. The number of nitrogens with zero attached hydrogens (tertiary/aromatic N) is 2. The molecule has 0 aromatic carbocycles. The Bertz CT molecular complexity index is 280. The van der Waals surface area contributed by atoms with E-state index in [4.69, 9.17) is 0 Å². The van der Waals surface area contributed by atoms with Gasteiger partial charge in [0.05, 0.1) is 13.4 Å². The number of methoxy groups -OCH3 is 1. The van der Waals surface area contributed by atoms with E-state index in [0.717, 1.165) is 12.8 Å². The SMILES string of the molecule is CCCC(C)NC(=O)NC.COC(=O)N=CN(C)C. The number of hydrogen-bond acceptors (Lipinski definition) is 3. The van der Waals surface area contributed by atoms with Crippen LogP contribution in [0.3, 0.4) is 0 Å². The summed E-state index contributed by atoms with van der Waals surface area (Å²) < 4.78 is 4.24. The van der Waals surface area contributed by atoms with Crippen LogP contribution < -0.4 is 10.6 Å². The highest BCUT2D eigenvalue weighted by atomic mass is 16.5. The number of rotatable bonds is 4. The Labute approximate surface area is 115 Å². The molecule has 0 spiro atoms. The van der Waals surface area contributed by atoms with Crippen LogP contribution in [0.25, 0.3) is 0 Å². The number of nitrogens with one attached hydrogen (secondary N) is 2. The lowest BCUT2D eigenvalue weighted by Gasteiger charge is -2.11. The molecule has 3 amide bonds. The molecule has 0 bridgehead atoms. The summed E-state index contributed by atoms with van der Waals surface area (Å²) in [5, 5.41) is 5.28. The molecule has 0 aromatic heterocycles. The van der Waals surface area contributed by atoms with Gasteiger partial charge in [-0.25, -0.2) is 9.59 Å². The van der Waals surface area contributed by atoms with Gasteiger partial charge in [0.2, 0.25) is 0 Å². The second kappa shape index (κ2) is 12.7. The number of ether oxygens (including phenoxy) is 1. The van der Waals surface area contributed by atoms with Gasteiger partial charge in [-0.2, -0.15) is 4.99 Å². The molecule has 7 heteroatoms. The molecule has 0 heterocycles. The maximum absolute atomic E-state index is 10.7. The Kier molecular flexibility index (Phi) is 13.0. The molecular formula is C12H26N4O3. The van der Waals surface area contributed by atoms with Crippen LogP contribution in [-0.4, -0.2) is 57.7 Å². The third kappa shape index (κ3) is 16.2. The van der Waals surface area contributed by atoms with Crippen molar-refractivity contribution in [2.45, 2.75) is 32.7 Å². The largest absolute Gasteiger partial charge is 0.451 e. The van der Waals surface area contributed by atoms with Crippen molar-refractivity contribution in [2.24, 2.45) is 4.99 Å². The second-order valence-corrected chi connectivity index (χ2v) is 4.09. The van der Waals surface area contributed by atoms with Crippen molar-refractivity contribution in [2.75, 3.05) is 28.3 Å². The normalized spacial score (nSPS) is 11.1. The third-order valence-electron chi connectivity index (χ3n) is 1.89. The van der Waals surface area contributed by atoms with Crippen LogP contribution in [0.5, 0.6) is 0 Å². The van der Waals surface area contributed by atoms with Crippen molar-refractivity contribution in [1.29, 1.82) is 0 Å². The van der Waals surface area contributed by atoms with Crippen LogP contribution in [0.2, 0.25) is 0 Å². The van der Waals surface area contributed by atoms with E-state index in [1.165, 1.54) is 13.4 Å². The molecule has 0 rings (SSSR count). The number of aliphatic imine (C=N–C) groups is 1. The summed E-state index contributed by atoms with van der Waals surface area (Å²) in [6.07, 6.45) is 2.94. The number of carbonyl (C=O) groups excluding carboxylic acids is 2. The van der Waals surface area contributed by atoms with E-state index < -0.39 is 6.09 Å². The zero-order valence-electron chi connectivity index (χ0n) is 12.7. The molecule has 0 aliphatic rings. The Morgan fingerprint density at radius 1 is 1.42 bits per heavy atom. The fraction of sp³-hybridized carbons (Fsp3) is 0.750. The first kappa shape index (κ1) is 19.5. The Hall–Kier alpha value is -1.79. The lowest BCUT2D eigenvalue weighted by molar-refractivity contribution is 0.182. The predicted octanol–water partition coefficient (Wildman–Crippen LogP) is 1.45. The van der Waals surface area contributed by atoms with E-state index in [1.807, 2.05) is 6.92 Å². The smallest absolute Gasteiger partial charge is 0.434 e. The summed E-state index contributed by atoms with van der Waals surface area (Å²) >= 11 is 0. The monoisotopic (exact) mass is 274 g/mol. The summed E-state index contributed by atoms with van der Waals surface area (Å²) in [5.74, 6) is 0. The lowest BCUT2D eigenvalue weighted by atomic mass is 10.2. The second-order valence-electron chi connectivity index (χ2n) is 4.09. The van der Waals surface area contributed by atoms with E-state index in [2.05, 4.69) is 27.3 Å². The molecule has 0 aromatic rings. The van der Waals surface area contributed by atoms with Crippen LogP contribution in [0, 0.1) is 0 Å². The quantitative estimate of drug-likeness (QED) is 0.600. The van der Waals surface area contributed by atoms with Gasteiger partial charge in [-0.3, -0.25) is 0 Å². The third-order valence-corrected chi connectivity index (χ3v) is 1.89. The molecular weight excluding hydrogens is 248 g/mol. The van der Waals surface area contributed by atoms with E-state index in [9.17, 15) is 9.59 Å². The zero-order valence-corrected chi connectivity index (χ0v) is 12.7. The first-order chi connectivity index (χ1) is 8.87. The highest BCUT2D eigenvalue weighted by Crippen LogP contribution is 1.93. The van der Waals surface area contributed by atoms with Gasteiger partial charge in [-0.15, -0.1) is 0 Å². The van der Waals surface area contributed by atoms with Crippen molar-refractivity contribution in [3.05, 3.63) is 0 Å². The molecule has 19 heavy (non-hydrogen) atoms. The highest BCUT2D eigenvalue weighted by Gasteiger charge is 2.01. The van der Waals surface area contributed by atoms with Gasteiger partial charge in [-0.05, 0) is 13.3 Å². The van der Waals surface area contributed by atoms with Crippen molar-refractivity contribution in [3.8, 4) is 0 Å². The van der Waals surface area contributed by atoms with Crippen LogP contribution in [0.15, 0.2) is 4.99 Å². The minimum absolute atomic E-state index is 0.0963. The van der Waals surface area contributed by atoms with E-state index in [1.54, 1.807) is 26.0 Å². The fourth-order valence-corrected chi connectivity index (χ4v) is 1.02. The average molecular weight is 274 g/mol. The van der Waals surface area contributed by atoms with Crippen LogP contribution in [0.4, 0.5) is 9.59 Å². The van der Waals surface area contributed by atoms with Gasteiger partial charge in [0.1, 0.15) is 0 Å². The number of amides is 3. The van der Waals surface area contributed by atoms with E-state index >= 15 is 0 Å².